The van der Waals surface area contributed by atoms with Crippen molar-refractivity contribution in [3.63, 3.8) is 0 Å². The van der Waals surface area contributed by atoms with E-state index in [1.807, 2.05) is 37.3 Å². The van der Waals surface area contributed by atoms with Crippen LogP contribution in [0.4, 0.5) is 11.5 Å². The van der Waals surface area contributed by atoms with Gasteiger partial charge < -0.3 is 10.1 Å². The third-order valence-electron chi connectivity index (χ3n) is 4.10. The molecule has 0 atom stereocenters. The van der Waals surface area contributed by atoms with Gasteiger partial charge >= 0.3 is 5.97 Å². The second-order valence-electron chi connectivity index (χ2n) is 6.13. The summed E-state index contributed by atoms with van der Waals surface area (Å²) in [5.41, 5.74) is 3.70. The minimum absolute atomic E-state index is 0.202. The summed E-state index contributed by atoms with van der Waals surface area (Å²) in [5.74, 6) is 1.09. The van der Waals surface area contributed by atoms with Gasteiger partial charge in [0.15, 0.2) is 5.82 Å². The number of aryl methyl sites for hydroxylation is 1. The van der Waals surface area contributed by atoms with Crippen LogP contribution in [0, 0.1) is 6.92 Å². The zero-order valence-corrected chi connectivity index (χ0v) is 18.8. The lowest BCUT2D eigenvalue weighted by Gasteiger charge is -2.15. The number of hydrogen-bond donors (Lipinski definition) is 1. The number of nitrogens with zero attached hydrogens (tertiary/aromatic N) is 2. The molecule has 28 heavy (non-hydrogen) atoms. The molecule has 1 aromatic carbocycles. The van der Waals surface area contributed by atoms with Crippen molar-refractivity contribution in [1.29, 1.82) is 0 Å². The SMILES string of the molecule is CCc1c(C)nc(-c2ccc(Cl)s2)nc1Nc1ccc(Br)c(COC(C)=O)c1. The van der Waals surface area contributed by atoms with Crippen molar-refractivity contribution >= 4 is 56.3 Å². The van der Waals surface area contributed by atoms with Crippen LogP contribution in [0.3, 0.4) is 0 Å². The molecule has 146 valence electrons. The molecule has 0 aliphatic rings. The Hall–Kier alpha value is -1.96. The van der Waals surface area contributed by atoms with E-state index in [1.54, 1.807) is 0 Å². The average Bonchev–Trinajstić information content (AvgIpc) is 3.08. The highest BCUT2D eigenvalue weighted by Gasteiger charge is 2.14. The highest BCUT2D eigenvalue weighted by atomic mass is 79.9. The first-order valence-corrected chi connectivity index (χ1v) is 10.7. The van der Waals surface area contributed by atoms with Crippen LogP contribution >= 0.6 is 38.9 Å². The van der Waals surface area contributed by atoms with E-state index in [4.69, 9.17) is 21.3 Å². The summed E-state index contributed by atoms with van der Waals surface area (Å²) < 4.78 is 6.70. The van der Waals surface area contributed by atoms with Gasteiger partial charge in [0.1, 0.15) is 12.4 Å². The first kappa shape index (κ1) is 20.8. The minimum Gasteiger partial charge on any atom is -0.461 e. The number of aromatic nitrogens is 2. The van der Waals surface area contributed by atoms with Gasteiger partial charge in [0.2, 0.25) is 0 Å². The zero-order valence-electron chi connectivity index (χ0n) is 15.7. The number of esters is 1. The van der Waals surface area contributed by atoms with E-state index in [9.17, 15) is 4.79 Å². The summed E-state index contributed by atoms with van der Waals surface area (Å²) in [5, 5.41) is 3.40. The highest BCUT2D eigenvalue weighted by molar-refractivity contribution is 9.10. The van der Waals surface area contributed by atoms with Gasteiger partial charge in [0, 0.05) is 33.9 Å². The van der Waals surface area contributed by atoms with E-state index >= 15 is 0 Å². The van der Waals surface area contributed by atoms with Crippen LogP contribution in [-0.4, -0.2) is 15.9 Å². The minimum atomic E-state index is -0.316. The Morgan fingerprint density at radius 1 is 1.29 bits per heavy atom. The molecule has 0 aliphatic heterocycles. The van der Waals surface area contributed by atoms with Gasteiger partial charge in [-0.05, 0) is 43.7 Å². The molecule has 3 rings (SSSR count). The number of rotatable bonds is 6. The highest BCUT2D eigenvalue weighted by Crippen LogP contribution is 2.32. The standard InChI is InChI=1S/C20H19BrClN3O2S/c1-4-15-11(2)23-20(17-7-8-18(22)28-17)25-19(15)24-14-5-6-16(21)13(9-14)10-27-12(3)26/h5-9H,4,10H2,1-3H3,(H,23,24,25). The maximum atomic E-state index is 11.1. The monoisotopic (exact) mass is 479 g/mol. The van der Waals surface area contributed by atoms with Crippen LogP contribution in [0.5, 0.6) is 0 Å². The Morgan fingerprint density at radius 3 is 2.71 bits per heavy atom. The lowest BCUT2D eigenvalue weighted by atomic mass is 10.1. The van der Waals surface area contributed by atoms with Crippen LogP contribution in [-0.2, 0) is 22.6 Å². The van der Waals surface area contributed by atoms with Gasteiger partial charge in [0.05, 0.1) is 9.21 Å². The average molecular weight is 481 g/mol. The number of hydrogen-bond acceptors (Lipinski definition) is 6. The second kappa shape index (κ2) is 9.03. The molecule has 8 heteroatoms. The molecule has 0 spiro atoms. The van der Waals surface area contributed by atoms with Crippen molar-refractivity contribution in [2.24, 2.45) is 0 Å². The van der Waals surface area contributed by atoms with Gasteiger partial charge in [0.25, 0.3) is 0 Å². The lowest BCUT2D eigenvalue weighted by Crippen LogP contribution is -2.05. The van der Waals surface area contributed by atoms with E-state index in [2.05, 4.69) is 33.2 Å². The topological polar surface area (TPSA) is 64.1 Å². The van der Waals surface area contributed by atoms with Crippen molar-refractivity contribution in [3.8, 4) is 10.7 Å². The Kier molecular flexibility index (Phi) is 6.69. The Balaban J connectivity index is 1.96. The van der Waals surface area contributed by atoms with Crippen molar-refractivity contribution in [1.82, 2.24) is 9.97 Å². The maximum Gasteiger partial charge on any atom is 0.302 e. The Morgan fingerprint density at radius 2 is 2.07 bits per heavy atom. The number of benzene rings is 1. The molecule has 0 saturated heterocycles. The summed E-state index contributed by atoms with van der Waals surface area (Å²) in [6.45, 7) is 5.66. The van der Waals surface area contributed by atoms with E-state index in [0.717, 1.165) is 44.1 Å². The number of nitrogens with one attached hydrogen (secondary N) is 1. The fraction of sp³-hybridized carbons (Fsp3) is 0.250. The predicted octanol–water partition coefficient (Wildman–Crippen LogP) is 6.30. The van der Waals surface area contributed by atoms with Gasteiger partial charge in [-0.3, -0.25) is 4.79 Å². The van der Waals surface area contributed by atoms with Gasteiger partial charge in [-0.15, -0.1) is 11.3 Å². The number of thiophene rings is 1. The van der Waals surface area contributed by atoms with E-state index < -0.39 is 0 Å². The smallest absolute Gasteiger partial charge is 0.302 e. The van der Waals surface area contributed by atoms with Crippen molar-refractivity contribution < 1.29 is 9.53 Å². The maximum absolute atomic E-state index is 11.1. The van der Waals surface area contributed by atoms with Crippen LogP contribution in [0.1, 0.15) is 30.7 Å². The summed E-state index contributed by atoms with van der Waals surface area (Å²) in [6, 6.07) is 9.57. The molecule has 5 nitrogen and oxygen atoms in total. The molecular formula is C20H19BrClN3O2S. The molecule has 2 heterocycles. The van der Waals surface area contributed by atoms with Crippen LogP contribution < -0.4 is 5.32 Å². The molecule has 0 unspecified atom stereocenters. The molecule has 0 amide bonds. The molecule has 0 fully saturated rings. The summed E-state index contributed by atoms with van der Waals surface area (Å²) in [6.07, 6.45) is 0.802. The summed E-state index contributed by atoms with van der Waals surface area (Å²) >= 11 is 11.0. The molecule has 0 saturated carbocycles. The normalized spacial score (nSPS) is 10.8. The number of ether oxygens (including phenoxy) is 1. The van der Waals surface area contributed by atoms with Crippen LogP contribution in [0.2, 0.25) is 4.34 Å². The van der Waals surface area contributed by atoms with Crippen LogP contribution in [0.15, 0.2) is 34.8 Å². The molecule has 2 aromatic heterocycles. The Bertz CT molecular complexity index is 1020. The van der Waals surface area contributed by atoms with Crippen molar-refractivity contribution in [2.75, 3.05) is 5.32 Å². The fourth-order valence-electron chi connectivity index (χ4n) is 2.75. The van der Waals surface area contributed by atoms with Gasteiger partial charge in [-0.25, -0.2) is 9.97 Å². The van der Waals surface area contributed by atoms with E-state index in [0.29, 0.717) is 10.2 Å². The lowest BCUT2D eigenvalue weighted by molar-refractivity contribution is -0.142. The molecule has 0 radical (unpaired) electrons. The van der Waals surface area contributed by atoms with Crippen molar-refractivity contribution in [2.45, 2.75) is 33.8 Å². The summed E-state index contributed by atoms with van der Waals surface area (Å²) in [7, 11) is 0. The molecule has 0 aliphatic carbocycles. The number of carbonyl (C=O) groups excluding carboxylic acids is 1. The number of halogens is 2. The van der Waals surface area contributed by atoms with Gasteiger partial charge in [-0.1, -0.05) is 34.5 Å². The predicted molar refractivity (Wildman–Crippen MR) is 117 cm³/mol. The number of anilines is 2. The molecule has 3 aromatic rings. The van der Waals surface area contributed by atoms with E-state index in [-0.39, 0.29) is 12.6 Å². The van der Waals surface area contributed by atoms with Crippen LogP contribution in [0.25, 0.3) is 10.7 Å². The molecular weight excluding hydrogens is 462 g/mol. The largest absolute Gasteiger partial charge is 0.461 e. The first-order valence-electron chi connectivity index (χ1n) is 8.69. The quantitative estimate of drug-likeness (QED) is 0.419. The Labute approximate surface area is 181 Å². The molecule has 0 bridgehead atoms. The fourth-order valence-corrected chi connectivity index (χ4v) is 4.08. The first-order chi connectivity index (χ1) is 13.4. The van der Waals surface area contributed by atoms with Gasteiger partial charge in [-0.2, -0.15) is 0 Å². The number of carbonyl (C=O) groups is 1. The van der Waals surface area contributed by atoms with Crippen molar-refractivity contribution in [3.05, 3.63) is 56.0 Å². The second-order valence-corrected chi connectivity index (χ2v) is 8.70. The summed E-state index contributed by atoms with van der Waals surface area (Å²) in [4.78, 5) is 21.4. The third-order valence-corrected chi connectivity index (χ3v) is 6.10. The molecule has 1 N–H and O–H groups in total. The zero-order chi connectivity index (χ0) is 20.3. The van der Waals surface area contributed by atoms with E-state index in [1.165, 1.54) is 18.3 Å². The third kappa shape index (κ3) is 4.90.